The Morgan fingerprint density at radius 1 is 1.20 bits per heavy atom. The van der Waals surface area contributed by atoms with E-state index < -0.39 is 0 Å². The number of oxime groups is 1. The molecule has 0 aliphatic heterocycles. The summed E-state index contributed by atoms with van der Waals surface area (Å²) in [5.74, 6) is 0.852. The molecule has 0 aromatic heterocycles. The Morgan fingerprint density at radius 3 is 2.33 bits per heavy atom. The van der Waals surface area contributed by atoms with E-state index in [4.69, 9.17) is 9.57 Å². The van der Waals surface area contributed by atoms with Crippen LogP contribution in [-0.2, 0) is 4.84 Å². The van der Waals surface area contributed by atoms with E-state index >= 15 is 0 Å². The fourth-order valence-corrected chi connectivity index (χ4v) is 1.25. The normalized spacial score (nSPS) is 11.3. The van der Waals surface area contributed by atoms with Crippen LogP contribution in [0.15, 0.2) is 29.4 Å². The minimum atomic E-state index is 0.597. The summed E-state index contributed by atoms with van der Waals surface area (Å²) >= 11 is 0. The highest BCUT2D eigenvalue weighted by Crippen LogP contribution is 2.13. The number of rotatable bonds is 5. The van der Waals surface area contributed by atoms with Crippen LogP contribution >= 0.6 is 0 Å². The lowest BCUT2D eigenvalue weighted by Crippen LogP contribution is -2.00. The van der Waals surface area contributed by atoms with E-state index in [1.165, 1.54) is 0 Å². The highest BCUT2D eigenvalue weighted by molar-refractivity contribution is 6.00. The van der Waals surface area contributed by atoms with Gasteiger partial charge < -0.3 is 9.57 Å². The fraction of sp³-hybridized carbons (Fsp3) is 0.417. The van der Waals surface area contributed by atoms with Crippen LogP contribution in [0.5, 0.6) is 5.75 Å². The molecule has 0 bridgehead atoms. The number of hydrogen-bond donors (Lipinski definition) is 0. The van der Waals surface area contributed by atoms with Gasteiger partial charge in [-0.3, -0.25) is 0 Å². The zero-order valence-electron chi connectivity index (χ0n) is 9.49. The lowest BCUT2D eigenvalue weighted by Gasteiger charge is -2.05. The molecule has 0 radical (unpaired) electrons. The maximum atomic E-state index is 5.09. The molecular formula is C12H17NO2. The Labute approximate surface area is 90.7 Å². The highest BCUT2D eigenvalue weighted by atomic mass is 16.6. The van der Waals surface area contributed by atoms with Gasteiger partial charge in [-0.05, 0) is 43.2 Å². The molecule has 0 saturated carbocycles. The van der Waals surface area contributed by atoms with Crippen LogP contribution < -0.4 is 4.74 Å². The van der Waals surface area contributed by atoms with Crippen LogP contribution in [0.4, 0.5) is 0 Å². The molecular weight excluding hydrogens is 190 g/mol. The molecule has 0 amide bonds. The van der Waals surface area contributed by atoms with Crippen molar-refractivity contribution in [3.8, 4) is 5.75 Å². The van der Waals surface area contributed by atoms with Gasteiger partial charge in [0.05, 0.1) is 12.8 Å². The number of benzene rings is 1. The van der Waals surface area contributed by atoms with E-state index in [9.17, 15) is 0 Å². The second kappa shape index (κ2) is 6.06. The molecule has 1 aromatic rings. The van der Waals surface area contributed by atoms with Crippen molar-refractivity contribution in [2.24, 2.45) is 5.16 Å². The monoisotopic (exact) mass is 207 g/mol. The Balaban J connectivity index is 2.83. The van der Waals surface area contributed by atoms with E-state index in [1.807, 2.05) is 31.2 Å². The molecule has 0 aliphatic carbocycles. The van der Waals surface area contributed by atoms with Crippen LogP contribution in [0.2, 0.25) is 0 Å². The third-order valence-electron chi connectivity index (χ3n) is 2.06. The summed E-state index contributed by atoms with van der Waals surface area (Å²) in [6, 6.07) is 7.82. The molecule has 1 rings (SSSR count). The molecule has 1 aromatic carbocycles. The van der Waals surface area contributed by atoms with Crippen molar-refractivity contribution >= 4 is 5.71 Å². The van der Waals surface area contributed by atoms with Crippen molar-refractivity contribution in [1.29, 1.82) is 0 Å². The summed E-state index contributed by atoms with van der Waals surface area (Å²) < 4.78 is 5.09. The SMILES string of the molecule is CCO/N=C(/CC)c1ccc(OC)cc1. The Hall–Kier alpha value is -1.51. The van der Waals surface area contributed by atoms with Crippen molar-refractivity contribution in [1.82, 2.24) is 0 Å². The number of hydrogen-bond acceptors (Lipinski definition) is 3. The molecule has 0 N–H and O–H groups in total. The van der Waals surface area contributed by atoms with Crippen LogP contribution in [-0.4, -0.2) is 19.4 Å². The lowest BCUT2D eigenvalue weighted by atomic mass is 10.1. The van der Waals surface area contributed by atoms with E-state index in [1.54, 1.807) is 7.11 Å². The van der Waals surface area contributed by atoms with Crippen molar-refractivity contribution in [2.45, 2.75) is 20.3 Å². The molecule has 0 heterocycles. The van der Waals surface area contributed by atoms with Crippen LogP contribution in [0.25, 0.3) is 0 Å². The first kappa shape index (κ1) is 11.6. The summed E-state index contributed by atoms with van der Waals surface area (Å²) in [4.78, 5) is 5.05. The van der Waals surface area contributed by atoms with Gasteiger partial charge in [-0.2, -0.15) is 0 Å². The molecule has 3 heteroatoms. The van der Waals surface area contributed by atoms with Crippen LogP contribution in [0.1, 0.15) is 25.8 Å². The number of ether oxygens (including phenoxy) is 1. The zero-order chi connectivity index (χ0) is 11.1. The first-order valence-electron chi connectivity index (χ1n) is 5.15. The molecule has 0 atom stereocenters. The molecule has 0 unspecified atom stereocenters. The molecule has 0 aliphatic rings. The molecule has 3 nitrogen and oxygen atoms in total. The molecule has 0 saturated heterocycles. The van der Waals surface area contributed by atoms with Crippen LogP contribution in [0, 0.1) is 0 Å². The van der Waals surface area contributed by atoms with Crippen molar-refractivity contribution < 1.29 is 9.57 Å². The summed E-state index contributed by atoms with van der Waals surface area (Å²) in [5, 5.41) is 4.06. The predicted molar refractivity (Wildman–Crippen MR) is 61.4 cm³/mol. The third kappa shape index (κ3) is 3.27. The number of nitrogens with zero attached hydrogens (tertiary/aromatic N) is 1. The van der Waals surface area contributed by atoms with Crippen LogP contribution in [0.3, 0.4) is 0 Å². The topological polar surface area (TPSA) is 30.8 Å². The van der Waals surface area contributed by atoms with Gasteiger partial charge in [0.25, 0.3) is 0 Å². The summed E-state index contributed by atoms with van der Waals surface area (Å²) in [5.41, 5.74) is 2.03. The summed E-state index contributed by atoms with van der Waals surface area (Å²) in [6.07, 6.45) is 0.854. The molecule has 0 fully saturated rings. The maximum Gasteiger partial charge on any atom is 0.118 e. The van der Waals surface area contributed by atoms with Crippen molar-refractivity contribution in [3.63, 3.8) is 0 Å². The minimum Gasteiger partial charge on any atom is -0.497 e. The van der Waals surface area contributed by atoms with Gasteiger partial charge in [-0.1, -0.05) is 12.1 Å². The smallest absolute Gasteiger partial charge is 0.118 e. The average molecular weight is 207 g/mol. The first-order valence-corrected chi connectivity index (χ1v) is 5.15. The Bertz CT molecular complexity index is 317. The summed E-state index contributed by atoms with van der Waals surface area (Å²) in [7, 11) is 1.66. The van der Waals surface area contributed by atoms with E-state index in [0.29, 0.717) is 6.61 Å². The second-order valence-electron chi connectivity index (χ2n) is 3.04. The quantitative estimate of drug-likeness (QED) is 0.549. The molecule has 15 heavy (non-hydrogen) atoms. The summed E-state index contributed by atoms with van der Waals surface area (Å²) in [6.45, 7) is 4.58. The van der Waals surface area contributed by atoms with Gasteiger partial charge in [-0.25, -0.2) is 0 Å². The standard InChI is InChI=1S/C12H17NO2/c1-4-12(13-15-5-2)10-6-8-11(14-3)9-7-10/h6-9H,4-5H2,1-3H3/b13-12-. The number of methoxy groups -OCH3 is 1. The van der Waals surface area contributed by atoms with Crippen molar-refractivity contribution in [3.05, 3.63) is 29.8 Å². The molecule has 0 spiro atoms. The van der Waals surface area contributed by atoms with E-state index in [-0.39, 0.29) is 0 Å². The average Bonchev–Trinajstić information content (AvgIpc) is 2.31. The minimum absolute atomic E-state index is 0.597. The fourth-order valence-electron chi connectivity index (χ4n) is 1.25. The predicted octanol–water partition coefficient (Wildman–Crippen LogP) is 2.85. The van der Waals surface area contributed by atoms with Gasteiger partial charge in [0.2, 0.25) is 0 Å². The van der Waals surface area contributed by atoms with E-state index in [2.05, 4.69) is 12.1 Å². The largest absolute Gasteiger partial charge is 0.497 e. The van der Waals surface area contributed by atoms with Gasteiger partial charge >= 0.3 is 0 Å². The molecule has 82 valence electrons. The van der Waals surface area contributed by atoms with Gasteiger partial charge in [0.1, 0.15) is 12.4 Å². The highest BCUT2D eigenvalue weighted by Gasteiger charge is 2.01. The maximum absolute atomic E-state index is 5.09. The third-order valence-corrected chi connectivity index (χ3v) is 2.06. The zero-order valence-corrected chi connectivity index (χ0v) is 9.49. The Kier molecular flexibility index (Phi) is 4.68. The van der Waals surface area contributed by atoms with E-state index in [0.717, 1.165) is 23.4 Å². The lowest BCUT2D eigenvalue weighted by molar-refractivity contribution is 0.158. The van der Waals surface area contributed by atoms with Gasteiger partial charge in [-0.15, -0.1) is 0 Å². The van der Waals surface area contributed by atoms with Crippen molar-refractivity contribution in [2.75, 3.05) is 13.7 Å². The first-order chi connectivity index (χ1) is 7.31. The van der Waals surface area contributed by atoms with Gasteiger partial charge in [0.15, 0.2) is 0 Å². The Morgan fingerprint density at radius 2 is 1.87 bits per heavy atom. The van der Waals surface area contributed by atoms with Gasteiger partial charge in [0, 0.05) is 0 Å². The second-order valence-corrected chi connectivity index (χ2v) is 3.04.